The van der Waals surface area contributed by atoms with E-state index in [2.05, 4.69) is 15.0 Å². The topological polar surface area (TPSA) is 71.7 Å². The number of piperazine rings is 1. The number of carbonyl (C=O) groups excluding carboxylic acids is 1. The second-order valence-corrected chi connectivity index (χ2v) is 8.81. The van der Waals surface area contributed by atoms with E-state index in [9.17, 15) is 4.79 Å². The van der Waals surface area contributed by atoms with Gasteiger partial charge < -0.3 is 14.2 Å². The summed E-state index contributed by atoms with van der Waals surface area (Å²) in [6.45, 7) is 3.58. The first-order chi connectivity index (χ1) is 16.3. The molecule has 2 aliphatic rings. The van der Waals surface area contributed by atoms with Gasteiger partial charge in [0.1, 0.15) is 5.75 Å². The molecule has 0 radical (unpaired) electrons. The van der Waals surface area contributed by atoms with Crippen LogP contribution < -0.4 is 4.74 Å². The summed E-state index contributed by atoms with van der Waals surface area (Å²) in [5.74, 6) is 1.70. The average Bonchev–Trinajstić information content (AvgIpc) is 3.39. The first kappa shape index (κ1) is 21.6. The van der Waals surface area contributed by atoms with E-state index in [1.807, 2.05) is 59.5 Å². The van der Waals surface area contributed by atoms with E-state index in [4.69, 9.17) is 9.26 Å². The summed E-state index contributed by atoms with van der Waals surface area (Å²) < 4.78 is 11.2. The second kappa shape index (κ2) is 10.2. The third-order valence-corrected chi connectivity index (χ3v) is 6.68. The molecular formula is C26H30N4O3. The predicted molar refractivity (Wildman–Crippen MR) is 126 cm³/mol. The highest BCUT2D eigenvalue weighted by Gasteiger charge is 2.27. The van der Waals surface area contributed by atoms with Gasteiger partial charge in [-0.05, 0) is 37.1 Å². The van der Waals surface area contributed by atoms with Crippen LogP contribution in [0.25, 0.3) is 22.8 Å². The van der Waals surface area contributed by atoms with E-state index in [0.717, 1.165) is 37.3 Å². The lowest BCUT2D eigenvalue weighted by Gasteiger charge is -2.40. The molecule has 1 saturated heterocycles. The molecule has 1 aliphatic carbocycles. The highest BCUT2D eigenvalue weighted by atomic mass is 16.5. The van der Waals surface area contributed by atoms with Gasteiger partial charge in [0.25, 0.3) is 11.8 Å². The van der Waals surface area contributed by atoms with Crippen molar-refractivity contribution in [2.45, 2.75) is 38.1 Å². The number of benzene rings is 2. The number of ether oxygens (including phenoxy) is 1. The number of rotatable bonds is 6. The largest absolute Gasteiger partial charge is 0.484 e. The first-order valence-electron chi connectivity index (χ1n) is 11.9. The van der Waals surface area contributed by atoms with Crippen LogP contribution in [0.5, 0.6) is 5.75 Å². The van der Waals surface area contributed by atoms with Crippen LogP contribution in [0.3, 0.4) is 0 Å². The van der Waals surface area contributed by atoms with Gasteiger partial charge in [0.2, 0.25) is 5.82 Å². The lowest BCUT2D eigenvalue weighted by molar-refractivity contribution is -0.135. The van der Waals surface area contributed by atoms with Gasteiger partial charge in [-0.1, -0.05) is 54.8 Å². The number of hydrogen-bond acceptors (Lipinski definition) is 6. The minimum atomic E-state index is 0.0479. The quantitative estimate of drug-likeness (QED) is 0.563. The standard InChI is InChI=1S/C26H30N4O3/c31-24(30-17-15-29(16-18-30)22-9-5-2-6-10-22)19-32-23-13-11-21(12-14-23)26-27-25(28-33-26)20-7-3-1-4-8-20/h1,3-4,7-8,11-14,22H,2,5-6,9-10,15-19H2. The molecule has 172 valence electrons. The van der Waals surface area contributed by atoms with Crippen LogP contribution in [0.4, 0.5) is 0 Å². The van der Waals surface area contributed by atoms with Crippen LogP contribution in [0.15, 0.2) is 59.1 Å². The molecule has 1 aliphatic heterocycles. The summed E-state index contributed by atoms with van der Waals surface area (Å²) in [7, 11) is 0. The zero-order valence-electron chi connectivity index (χ0n) is 18.9. The zero-order valence-corrected chi connectivity index (χ0v) is 18.9. The predicted octanol–water partition coefficient (Wildman–Crippen LogP) is 4.26. The van der Waals surface area contributed by atoms with E-state index in [1.165, 1.54) is 32.1 Å². The van der Waals surface area contributed by atoms with E-state index < -0.39 is 0 Å². The molecule has 1 amide bonds. The monoisotopic (exact) mass is 446 g/mol. The zero-order chi connectivity index (χ0) is 22.5. The van der Waals surface area contributed by atoms with Crippen molar-refractivity contribution in [3.63, 3.8) is 0 Å². The summed E-state index contributed by atoms with van der Waals surface area (Å²) in [6, 6.07) is 17.8. The summed E-state index contributed by atoms with van der Waals surface area (Å²) in [5.41, 5.74) is 1.72. The van der Waals surface area contributed by atoms with Gasteiger partial charge in [0.15, 0.2) is 6.61 Å². The van der Waals surface area contributed by atoms with Gasteiger partial charge in [-0.25, -0.2) is 0 Å². The van der Waals surface area contributed by atoms with Crippen molar-refractivity contribution in [2.24, 2.45) is 0 Å². The fourth-order valence-electron chi connectivity index (χ4n) is 4.76. The van der Waals surface area contributed by atoms with E-state index in [0.29, 0.717) is 23.5 Å². The van der Waals surface area contributed by atoms with Crippen LogP contribution in [0, 0.1) is 0 Å². The van der Waals surface area contributed by atoms with E-state index in [-0.39, 0.29) is 12.5 Å². The van der Waals surface area contributed by atoms with Gasteiger partial charge in [0.05, 0.1) is 0 Å². The summed E-state index contributed by atoms with van der Waals surface area (Å²) >= 11 is 0. The molecule has 0 N–H and O–H groups in total. The van der Waals surface area contributed by atoms with Crippen molar-refractivity contribution < 1.29 is 14.1 Å². The number of carbonyl (C=O) groups is 1. The van der Waals surface area contributed by atoms with E-state index in [1.54, 1.807) is 0 Å². The molecular weight excluding hydrogens is 416 g/mol. The molecule has 2 fully saturated rings. The molecule has 0 bridgehead atoms. The second-order valence-electron chi connectivity index (χ2n) is 8.81. The Bertz CT molecular complexity index is 1040. The van der Waals surface area contributed by atoms with Crippen LogP contribution >= 0.6 is 0 Å². The lowest BCUT2D eigenvalue weighted by Crippen LogP contribution is -2.53. The van der Waals surface area contributed by atoms with Crippen molar-refractivity contribution in [3.8, 4) is 28.6 Å². The van der Waals surface area contributed by atoms with E-state index >= 15 is 0 Å². The Morgan fingerprint density at radius 3 is 2.36 bits per heavy atom. The van der Waals surface area contributed by atoms with Crippen LogP contribution in [-0.2, 0) is 4.79 Å². The molecule has 0 unspecified atom stereocenters. The minimum Gasteiger partial charge on any atom is -0.484 e. The van der Waals surface area contributed by atoms with Crippen LogP contribution in [0.1, 0.15) is 32.1 Å². The maximum Gasteiger partial charge on any atom is 0.260 e. The van der Waals surface area contributed by atoms with Gasteiger partial charge >= 0.3 is 0 Å². The van der Waals surface area contributed by atoms with Crippen molar-refractivity contribution >= 4 is 5.91 Å². The number of nitrogens with zero attached hydrogens (tertiary/aromatic N) is 4. The molecule has 3 aromatic rings. The van der Waals surface area contributed by atoms with Gasteiger partial charge in [0, 0.05) is 43.3 Å². The molecule has 7 nitrogen and oxygen atoms in total. The van der Waals surface area contributed by atoms with Crippen LogP contribution in [-0.4, -0.2) is 64.7 Å². The molecule has 33 heavy (non-hydrogen) atoms. The molecule has 1 aromatic heterocycles. The Balaban J connectivity index is 1.11. The molecule has 2 heterocycles. The number of aromatic nitrogens is 2. The van der Waals surface area contributed by atoms with Crippen molar-refractivity contribution in [1.82, 2.24) is 19.9 Å². The summed E-state index contributed by atoms with van der Waals surface area (Å²) in [5, 5.41) is 4.06. The Labute approximate surface area is 194 Å². The smallest absolute Gasteiger partial charge is 0.260 e. The van der Waals surface area contributed by atoms with Gasteiger partial charge in [-0.15, -0.1) is 0 Å². The maximum absolute atomic E-state index is 12.6. The van der Waals surface area contributed by atoms with Crippen LogP contribution in [0.2, 0.25) is 0 Å². The minimum absolute atomic E-state index is 0.0479. The fraction of sp³-hybridized carbons (Fsp3) is 0.423. The fourth-order valence-corrected chi connectivity index (χ4v) is 4.76. The lowest BCUT2D eigenvalue weighted by atomic mass is 9.94. The number of hydrogen-bond donors (Lipinski definition) is 0. The first-order valence-corrected chi connectivity index (χ1v) is 11.9. The molecule has 5 rings (SSSR count). The number of amides is 1. The molecule has 0 spiro atoms. The van der Waals surface area contributed by atoms with Crippen molar-refractivity contribution in [1.29, 1.82) is 0 Å². The third kappa shape index (κ3) is 5.25. The Hall–Kier alpha value is -3.19. The van der Waals surface area contributed by atoms with Gasteiger partial charge in [-0.3, -0.25) is 9.69 Å². The Morgan fingerprint density at radius 1 is 0.909 bits per heavy atom. The Morgan fingerprint density at radius 2 is 1.64 bits per heavy atom. The average molecular weight is 447 g/mol. The molecule has 7 heteroatoms. The molecule has 0 atom stereocenters. The highest BCUT2D eigenvalue weighted by molar-refractivity contribution is 5.78. The summed E-state index contributed by atoms with van der Waals surface area (Å²) in [6.07, 6.45) is 6.68. The SMILES string of the molecule is O=C(COc1ccc(-c2nc(-c3ccccc3)no2)cc1)N1CCN(C2CCCCC2)CC1. The third-order valence-electron chi connectivity index (χ3n) is 6.68. The van der Waals surface area contributed by atoms with Crippen molar-refractivity contribution in [3.05, 3.63) is 54.6 Å². The maximum atomic E-state index is 12.6. The van der Waals surface area contributed by atoms with Gasteiger partial charge in [-0.2, -0.15) is 4.98 Å². The summed E-state index contributed by atoms with van der Waals surface area (Å²) in [4.78, 5) is 21.6. The Kier molecular flexibility index (Phi) is 6.67. The molecule has 1 saturated carbocycles. The highest BCUT2D eigenvalue weighted by Crippen LogP contribution is 2.25. The normalized spacial score (nSPS) is 17.8. The molecule has 2 aromatic carbocycles. The van der Waals surface area contributed by atoms with Crippen molar-refractivity contribution in [2.75, 3.05) is 32.8 Å².